The summed E-state index contributed by atoms with van der Waals surface area (Å²) in [5, 5.41) is 2.78. The first-order chi connectivity index (χ1) is 11.6. The number of carbonyl (C=O) groups is 1. The van der Waals surface area contributed by atoms with Gasteiger partial charge in [-0.15, -0.1) is 0 Å². The molecule has 0 heterocycles. The molecule has 0 aliphatic heterocycles. The van der Waals surface area contributed by atoms with Crippen molar-refractivity contribution in [2.45, 2.75) is 6.92 Å². The minimum absolute atomic E-state index is 0.0474. The molecule has 0 spiro atoms. The van der Waals surface area contributed by atoms with Gasteiger partial charge < -0.3 is 19.7 Å². The quantitative estimate of drug-likeness (QED) is 0.845. The van der Waals surface area contributed by atoms with Crippen LogP contribution in [0.5, 0.6) is 11.5 Å². The lowest BCUT2D eigenvalue weighted by atomic mass is 10.2. The molecule has 0 saturated heterocycles. The third-order valence-electron chi connectivity index (χ3n) is 3.58. The van der Waals surface area contributed by atoms with E-state index in [-0.39, 0.29) is 18.3 Å². The van der Waals surface area contributed by atoms with E-state index in [4.69, 9.17) is 9.47 Å². The molecule has 128 valence electrons. The Hall–Kier alpha value is -2.76. The first-order valence-electron chi connectivity index (χ1n) is 7.60. The van der Waals surface area contributed by atoms with E-state index in [1.807, 2.05) is 6.92 Å². The van der Waals surface area contributed by atoms with Gasteiger partial charge in [0, 0.05) is 18.3 Å². The average molecular weight is 332 g/mol. The third-order valence-corrected chi connectivity index (χ3v) is 3.58. The van der Waals surface area contributed by atoms with Crippen molar-refractivity contribution in [3.63, 3.8) is 0 Å². The SMILES string of the molecule is CCN(CC(=O)Nc1ccc(OC)c(OC)c1)c1ccccc1F. The van der Waals surface area contributed by atoms with Crippen LogP contribution in [-0.4, -0.2) is 33.2 Å². The Bertz CT molecular complexity index is 706. The second kappa shape index (κ2) is 8.19. The molecule has 2 aromatic rings. The second-order valence-corrected chi connectivity index (χ2v) is 5.08. The highest BCUT2D eigenvalue weighted by Gasteiger charge is 2.14. The van der Waals surface area contributed by atoms with Crippen molar-refractivity contribution >= 4 is 17.3 Å². The molecule has 24 heavy (non-hydrogen) atoms. The number of halogens is 1. The molecule has 0 fully saturated rings. The average Bonchev–Trinajstić information content (AvgIpc) is 2.60. The molecular weight excluding hydrogens is 311 g/mol. The molecule has 0 atom stereocenters. The summed E-state index contributed by atoms with van der Waals surface area (Å²) in [7, 11) is 3.07. The van der Waals surface area contributed by atoms with Crippen LogP contribution in [-0.2, 0) is 4.79 Å². The number of nitrogens with zero attached hydrogens (tertiary/aromatic N) is 1. The van der Waals surface area contributed by atoms with Crippen molar-refractivity contribution in [1.82, 2.24) is 0 Å². The van der Waals surface area contributed by atoms with E-state index < -0.39 is 0 Å². The third kappa shape index (κ3) is 4.16. The molecule has 0 aliphatic carbocycles. The summed E-state index contributed by atoms with van der Waals surface area (Å²) in [4.78, 5) is 13.9. The topological polar surface area (TPSA) is 50.8 Å². The van der Waals surface area contributed by atoms with Crippen LogP contribution in [0.4, 0.5) is 15.8 Å². The number of amides is 1. The molecule has 0 radical (unpaired) electrons. The van der Waals surface area contributed by atoms with Gasteiger partial charge in [0.15, 0.2) is 11.5 Å². The van der Waals surface area contributed by atoms with Gasteiger partial charge in [-0.2, -0.15) is 0 Å². The standard InChI is InChI=1S/C18H21FN2O3/c1-4-21(15-8-6-5-7-14(15)19)12-18(22)20-13-9-10-16(23-2)17(11-13)24-3/h5-11H,4,12H2,1-3H3,(H,20,22). The number of hydrogen-bond acceptors (Lipinski definition) is 4. The Balaban J connectivity index is 2.08. The summed E-state index contributed by atoms with van der Waals surface area (Å²) in [6.07, 6.45) is 0. The second-order valence-electron chi connectivity index (χ2n) is 5.08. The monoisotopic (exact) mass is 332 g/mol. The number of benzene rings is 2. The van der Waals surface area contributed by atoms with E-state index in [1.54, 1.807) is 48.4 Å². The van der Waals surface area contributed by atoms with Gasteiger partial charge in [-0.05, 0) is 31.2 Å². The fraction of sp³-hybridized carbons (Fsp3) is 0.278. The highest BCUT2D eigenvalue weighted by molar-refractivity contribution is 5.94. The van der Waals surface area contributed by atoms with Crippen LogP contribution in [0.2, 0.25) is 0 Å². The van der Waals surface area contributed by atoms with Gasteiger partial charge in [-0.1, -0.05) is 12.1 Å². The van der Waals surface area contributed by atoms with E-state index in [0.717, 1.165) is 0 Å². The Morgan fingerprint density at radius 1 is 1.12 bits per heavy atom. The zero-order valence-corrected chi connectivity index (χ0v) is 14.0. The predicted octanol–water partition coefficient (Wildman–Crippen LogP) is 3.31. The number of nitrogens with one attached hydrogen (secondary N) is 1. The van der Waals surface area contributed by atoms with Gasteiger partial charge in [-0.3, -0.25) is 4.79 Å². The summed E-state index contributed by atoms with van der Waals surface area (Å²) < 4.78 is 24.3. The largest absolute Gasteiger partial charge is 0.493 e. The lowest BCUT2D eigenvalue weighted by Crippen LogP contribution is -2.33. The van der Waals surface area contributed by atoms with Crippen LogP contribution in [0, 0.1) is 5.82 Å². The van der Waals surface area contributed by atoms with Crippen LogP contribution in [0.1, 0.15) is 6.92 Å². The molecule has 2 aromatic carbocycles. The summed E-state index contributed by atoms with van der Waals surface area (Å²) >= 11 is 0. The highest BCUT2D eigenvalue weighted by atomic mass is 19.1. The Morgan fingerprint density at radius 2 is 1.83 bits per heavy atom. The first-order valence-corrected chi connectivity index (χ1v) is 7.60. The molecule has 0 aliphatic rings. The molecule has 0 saturated carbocycles. The number of hydrogen-bond donors (Lipinski definition) is 1. The first kappa shape index (κ1) is 17.6. The Labute approximate surface area is 141 Å². The van der Waals surface area contributed by atoms with Crippen molar-refractivity contribution in [3.05, 3.63) is 48.3 Å². The summed E-state index contributed by atoms with van der Waals surface area (Å²) in [6, 6.07) is 11.5. The van der Waals surface area contributed by atoms with Crippen LogP contribution < -0.4 is 19.7 Å². The van der Waals surface area contributed by atoms with E-state index in [1.165, 1.54) is 13.2 Å². The van der Waals surface area contributed by atoms with Crippen molar-refractivity contribution < 1.29 is 18.7 Å². The van der Waals surface area contributed by atoms with Crippen molar-refractivity contribution in [2.24, 2.45) is 0 Å². The van der Waals surface area contributed by atoms with Gasteiger partial charge >= 0.3 is 0 Å². The van der Waals surface area contributed by atoms with Gasteiger partial charge in [-0.25, -0.2) is 4.39 Å². The van der Waals surface area contributed by atoms with Gasteiger partial charge in [0.2, 0.25) is 5.91 Å². The lowest BCUT2D eigenvalue weighted by Gasteiger charge is -2.23. The number of para-hydroxylation sites is 1. The van der Waals surface area contributed by atoms with Crippen molar-refractivity contribution in [3.8, 4) is 11.5 Å². The number of ether oxygens (including phenoxy) is 2. The maximum Gasteiger partial charge on any atom is 0.243 e. The number of rotatable bonds is 7. The Morgan fingerprint density at radius 3 is 2.46 bits per heavy atom. The van der Waals surface area contributed by atoms with Crippen LogP contribution in [0.15, 0.2) is 42.5 Å². The fourth-order valence-electron chi connectivity index (χ4n) is 2.36. The van der Waals surface area contributed by atoms with E-state index in [2.05, 4.69) is 5.32 Å². The zero-order chi connectivity index (χ0) is 17.5. The molecule has 0 aromatic heterocycles. The number of anilines is 2. The predicted molar refractivity (Wildman–Crippen MR) is 92.5 cm³/mol. The Kier molecular flexibility index (Phi) is 6.01. The van der Waals surface area contributed by atoms with Crippen LogP contribution in [0.25, 0.3) is 0 Å². The van der Waals surface area contributed by atoms with Crippen LogP contribution >= 0.6 is 0 Å². The molecule has 0 bridgehead atoms. The molecule has 5 nitrogen and oxygen atoms in total. The summed E-state index contributed by atoms with van der Waals surface area (Å²) in [5.74, 6) is 0.513. The number of carbonyl (C=O) groups excluding carboxylic acids is 1. The van der Waals surface area contributed by atoms with Crippen LogP contribution in [0.3, 0.4) is 0 Å². The normalized spacial score (nSPS) is 10.2. The summed E-state index contributed by atoms with van der Waals surface area (Å²) in [5.41, 5.74) is 0.990. The lowest BCUT2D eigenvalue weighted by molar-refractivity contribution is -0.115. The molecule has 1 amide bonds. The van der Waals surface area contributed by atoms with E-state index in [9.17, 15) is 9.18 Å². The van der Waals surface area contributed by atoms with Gasteiger partial charge in [0.25, 0.3) is 0 Å². The number of methoxy groups -OCH3 is 2. The van der Waals surface area contributed by atoms with E-state index in [0.29, 0.717) is 29.4 Å². The molecule has 1 N–H and O–H groups in total. The van der Waals surface area contributed by atoms with Gasteiger partial charge in [0.05, 0.1) is 26.5 Å². The maximum absolute atomic E-state index is 13.9. The summed E-state index contributed by atoms with van der Waals surface area (Å²) in [6.45, 7) is 2.43. The molecular formula is C18H21FN2O3. The van der Waals surface area contributed by atoms with Crippen molar-refractivity contribution in [1.29, 1.82) is 0 Å². The molecule has 6 heteroatoms. The molecule has 2 rings (SSSR count). The molecule has 0 unspecified atom stereocenters. The van der Waals surface area contributed by atoms with E-state index >= 15 is 0 Å². The fourth-order valence-corrected chi connectivity index (χ4v) is 2.36. The minimum atomic E-state index is -0.349. The van der Waals surface area contributed by atoms with Gasteiger partial charge in [0.1, 0.15) is 5.82 Å². The maximum atomic E-state index is 13.9. The minimum Gasteiger partial charge on any atom is -0.493 e. The smallest absolute Gasteiger partial charge is 0.243 e. The van der Waals surface area contributed by atoms with Crippen molar-refractivity contribution in [2.75, 3.05) is 37.5 Å². The zero-order valence-electron chi connectivity index (χ0n) is 14.0. The number of likely N-dealkylation sites (N-methyl/N-ethyl adjacent to an activating group) is 1. The highest BCUT2D eigenvalue weighted by Crippen LogP contribution is 2.29.